The molecule has 0 aromatic heterocycles. The number of hydrogen-bond donors (Lipinski definition) is 1. The summed E-state index contributed by atoms with van der Waals surface area (Å²) in [6.45, 7) is 0.977. The molecule has 1 aromatic carbocycles. The molecule has 1 N–H and O–H groups in total. The number of rotatable bonds is 6. The molecule has 142 valence electrons. The highest BCUT2D eigenvalue weighted by molar-refractivity contribution is 6.35. The Labute approximate surface area is 147 Å². The molecule has 1 aromatic rings. The molecular weight excluding hydrogens is 355 g/mol. The van der Waals surface area contributed by atoms with E-state index in [1.54, 1.807) is 6.92 Å². The fraction of sp³-hybridized carbons (Fsp3) is 0.438. The number of ether oxygens (including phenoxy) is 1. The van der Waals surface area contributed by atoms with Crippen molar-refractivity contribution in [1.82, 2.24) is 9.80 Å². The topological polar surface area (TPSA) is 79.0 Å². The molecule has 1 aliphatic heterocycles. The minimum atomic E-state index is -4.47. The maximum Gasteiger partial charge on any atom is 0.422 e. The van der Waals surface area contributed by atoms with Gasteiger partial charge in [0.05, 0.1) is 0 Å². The zero-order chi connectivity index (χ0) is 19.3. The standard InChI is InChI=1S/C16H18F3N3O4/c1-2-21-6-7-22(15(25)14(21)24)9-13(23)20-11-4-3-5-12(8-11)26-10-16(17,18)19/h3-5,8H,2,6-7,9-10H2,1H3,(H,20,23). The van der Waals surface area contributed by atoms with Gasteiger partial charge in [-0.3, -0.25) is 14.4 Å². The number of amides is 3. The highest BCUT2D eigenvalue weighted by Gasteiger charge is 2.32. The molecular formula is C16H18F3N3O4. The largest absolute Gasteiger partial charge is 0.484 e. The number of carbonyl (C=O) groups excluding carboxylic acids is 3. The van der Waals surface area contributed by atoms with E-state index in [4.69, 9.17) is 0 Å². The zero-order valence-corrected chi connectivity index (χ0v) is 14.0. The Morgan fingerprint density at radius 3 is 2.50 bits per heavy atom. The molecule has 26 heavy (non-hydrogen) atoms. The van der Waals surface area contributed by atoms with Gasteiger partial charge in [0.1, 0.15) is 12.3 Å². The van der Waals surface area contributed by atoms with Gasteiger partial charge < -0.3 is 19.9 Å². The van der Waals surface area contributed by atoms with Crippen LogP contribution in [0.1, 0.15) is 6.92 Å². The van der Waals surface area contributed by atoms with Gasteiger partial charge in [0, 0.05) is 31.4 Å². The molecule has 0 atom stereocenters. The summed E-state index contributed by atoms with van der Waals surface area (Å²) in [6, 6.07) is 5.47. The smallest absolute Gasteiger partial charge is 0.422 e. The average Bonchev–Trinajstić information content (AvgIpc) is 2.57. The van der Waals surface area contributed by atoms with Gasteiger partial charge in [-0.05, 0) is 19.1 Å². The second-order valence-corrected chi connectivity index (χ2v) is 5.59. The van der Waals surface area contributed by atoms with Crippen LogP contribution >= 0.6 is 0 Å². The first kappa shape index (κ1) is 19.5. The van der Waals surface area contributed by atoms with Crippen LogP contribution in [0.5, 0.6) is 5.75 Å². The lowest BCUT2D eigenvalue weighted by atomic mass is 10.2. The average molecular weight is 373 g/mol. The molecule has 0 radical (unpaired) electrons. The second kappa shape index (κ2) is 8.07. The van der Waals surface area contributed by atoms with Crippen molar-refractivity contribution in [3.63, 3.8) is 0 Å². The van der Waals surface area contributed by atoms with E-state index >= 15 is 0 Å². The van der Waals surface area contributed by atoms with E-state index in [-0.39, 0.29) is 24.5 Å². The molecule has 0 bridgehead atoms. The molecule has 1 heterocycles. The Balaban J connectivity index is 1.92. The van der Waals surface area contributed by atoms with Crippen LogP contribution in [0, 0.1) is 0 Å². The van der Waals surface area contributed by atoms with Crippen LogP contribution in [0.4, 0.5) is 18.9 Å². The van der Waals surface area contributed by atoms with Crippen molar-refractivity contribution < 1.29 is 32.3 Å². The van der Waals surface area contributed by atoms with E-state index in [1.165, 1.54) is 29.2 Å². The predicted octanol–water partition coefficient (Wildman–Crippen LogP) is 1.26. The Bertz CT molecular complexity index is 694. The van der Waals surface area contributed by atoms with Crippen LogP contribution in [0.25, 0.3) is 0 Å². The second-order valence-electron chi connectivity index (χ2n) is 5.59. The summed E-state index contributed by atoms with van der Waals surface area (Å²) in [7, 11) is 0. The summed E-state index contributed by atoms with van der Waals surface area (Å²) >= 11 is 0. The summed E-state index contributed by atoms with van der Waals surface area (Å²) < 4.78 is 41.1. The van der Waals surface area contributed by atoms with E-state index < -0.39 is 30.5 Å². The van der Waals surface area contributed by atoms with Gasteiger partial charge in [0.25, 0.3) is 0 Å². The predicted molar refractivity (Wildman–Crippen MR) is 85.5 cm³/mol. The molecule has 0 spiro atoms. The number of halogens is 3. The Morgan fingerprint density at radius 2 is 1.85 bits per heavy atom. The minimum absolute atomic E-state index is 0.0528. The number of likely N-dealkylation sites (N-methyl/N-ethyl adjacent to an activating group) is 1. The van der Waals surface area contributed by atoms with Crippen molar-refractivity contribution in [2.75, 3.05) is 38.1 Å². The summed E-state index contributed by atoms with van der Waals surface area (Å²) in [5, 5.41) is 2.47. The number of nitrogens with zero attached hydrogens (tertiary/aromatic N) is 2. The third-order valence-corrected chi connectivity index (χ3v) is 3.63. The number of hydrogen-bond acceptors (Lipinski definition) is 4. The maximum absolute atomic E-state index is 12.2. The first-order chi connectivity index (χ1) is 12.2. The van der Waals surface area contributed by atoms with Crippen LogP contribution in [0.3, 0.4) is 0 Å². The van der Waals surface area contributed by atoms with Gasteiger partial charge >= 0.3 is 18.0 Å². The van der Waals surface area contributed by atoms with E-state index in [2.05, 4.69) is 10.1 Å². The molecule has 0 saturated carbocycles. The quantitative estimate of drug-likeness (QED) is 0.762. The van der Waals surface area contributed by atoms with Gasteiger partial charge in [-0.2, -0.15) is 13.2 Å². The normalized spacial score (nSPS) is 15.2. The van der Waals surface area contributed by atoms with Gasteiger partial charge in [-0.25, -0.2) is 0 Å². The molecule has 0 aliphatic carbocycles. The first-order valence-corrected chi connectivity index (χ1v) is 7.87. The molecule has 7 nitrogen and oxygen atoms in total. The molecule has 2 rings (SSSR count). The van der Waals surface area contributed by atoms with Crippen molar-refractivity contribution in [3.8, 4) is 5.75 Å². The number of carbonyl (C=O) groups is 3. The van der Waals surface area contributed by atoms with E-state index in [0.717, 1.165) is 4.90 Å². The number of alkyl halides is 3. The number of nitrogens with one attached hydrogen (secondary N) is 1. The highest BCUT2D eigenvalue weighted by atomic mass is 19.4. The maximum atomic E-state index is 12.2. The van der Waals surface area contributed by atoms with Crippen LogP contribution in [-0.4, -0.2) is 66.5 Å². The van der Waals surface area contributed by atoms with Crippen molar-refractivity contribution >= 4 is 23.4 Å². The monoisotopic (exact) mass is 373 g/mol. The Hall–Kier alpha value is -2.78. The van der Waals surface area contributed by atoms with E-state index in [9.17, 15) is 27.6 Å². The lowest BCUT2D eigenvalue weighted by molar-refractivity contribution is -0.156. The van der Waals surface area contributed by atoms with Crippen molar-refractivity contribution in [2.45, 2.75) is 13.1 Å². The molecule has 0 unspecified atom stereocenters. The molecule has 1 aliphatic rings. The molecule has 3 amide bonds. The Morgan fingerprint density at radius 1 is 1.19 bits per heavy atom. The van der Waals surface area contributed by atoms with E-state index in [1.807, 2.05) is 0 Å². The number of piperazine rings is 1. The summed E-state index contributed by atoms with van der Waals surface area (Å²) in [5.74, 6) is -2.03. The van der Waals surface area contributed by atoms with Gasteiger partial charge in [0.2, 0.25) is 5.91 Å². The number of benzene rings is 1. The first-order valence-electron chi connectivity index (χ1n) is 7.87. The van der Waals surface area contributed by atoms with Gasteiger partial charge in [-0.1, -0.05) is 6.07 Å². The van der Waals surface area contributed by atoms with Crippen molar-refractivity contribution in [1.29, 1.82) is 0 Å². The van der Waals surface area contributed by atoms with Gasteiger partial charge in [0.15, 0.2) is 6.61 Å². The highest BCUT2D eigenvalue weighted by Crippen LogP contribution is 2.21. The lowest BCUT2D eigenvalue weighted by Crippen LogP contribution is -2.55. The van der Waals surface area contributed by atoms with Crippen molar-refractivity contribution in [2.24, 2.45) is 0 Å². The summed E-state index contributed by atoms with van der Waals surface area (Å²) in [5.41, 5.74) is 0.223. The molecule has 1 saturated heterocycles. The fourth-order valence-corrected chi connectivity index (χ4v) is 2.37. The number of anilines is 1. The van der Waals surface area contributed by atoms with Crippen LogP contribution in [0.15, 0.2) is 24.3 Å². The third kappa shape index (κ3) is 5.36. The lowest BCUT2D eigenvalue weighted by Gasteiger charge is -2.32. The molecule has 1 fully saturated rings. The minimum Gasteiger partial charge on any atom is -0.484 e. The third-order valence-electron chi connectivity index (χ3n) is 3.63. The summed E-state index contributed by atoms with van der Waals surface area (Å²) in [6.07, 6.45) is -4.47. The van der Waals surface area contributed by atoms with Crippen molar-refractivity contribution in [3.05, 3.63) is 24.3 Å². The molecule has 10 heteroatoms. The zero-order valence-electron chi connectivity index (χ0n) is 14.0. The summed E-state index contributed by atoms with van der Waals surface area (Å²) in [4.78, 5) is 38.3. The van der Waals surface area contributed by atoms with Crippen LogP contribution in [0.2, 0.25) is 0 Å². The van der Waals surface area contributed by atoms with E-state index in [0.29, 0.717) is 13.1 Å². The van der Waals surface area contributed by atoms with Gasteiger partial charge in [-0.15, -0.1) is 0 Å². The Kier molecular flexibility index (Phi) is 6.06. The van der Waals surface area contributed by atoms with Crippen LogP contribution < -0.4 is 10.1 Å². The van der Waals surface area contributed by atoms with Crippen LogP contribution in [-0.2, 0) is 14.4 Å². The SMILES string of the molecule is CCN1CCN(CC(=O)Nc2cccc(OCC(F)(F)F)c2)C(=O)C1=O. The fourth-order valence-electron chi connectivity index (χ4n) is 2.37.